The Balaban J connectivity index is 1.28. The van der Waals surface area contributed by atoms with Crippen molar-refractivity contribution in [3.05, 3.63) is 65.6 Å². The number of pyridine rings is 1. The molecule has 2 aliphatic rings. The van der Waals surface area contributed by atoms with Crippen LogP contribution in [-0.2, 0) is 11.3 Å². The van der Waals surface area contributed by atoms with Crippen LogP contribution in [0, 0.1) is 5.92 Å². The van der Waals surface area contributed by atoms with Gasteiger partial charge in [0.1, 0.15) is 5.65 Å². The van der Waals surface area contributed by atoms with E-state index < -0.39 is 0 Å². The SMILES string of the molecule is C=CC(=O)N1CC(CCn2c(=O)ccc3cnc(Nc4ccc(N5CC(C)N(C)C(C)C5)cc4)nc32)C1. The largest absolute Gasteiger partial charge is 0.368 e. The lowest BCUT2D eigenvalue weighted by Gasteiger charge is -2.43. The fourth-order valence-corrected chi connectivity index (χ4v) is 5.22. The zero-order valence-electron chi connectivity index (χ0n) is 21.8. The Morgan fingerprint density at radius 1 is 1.08 bits per heavy atom. The molecule has 2 unspecified atom stereocenters. The van der Waals surface area contributed by atoms with Crippen molar-refractivity contribution in [2.45, 2.75) is 38.9 Å². The molecular formula is C28H35N7O2. The minimum atomic E-state index is -0.0875. The molecule has 4 heterocycles. The van der Waals surface area contributed by atoms with Crippen molar-refractivity contribution in [3.8, 4) is 0 Å². The second-order valence-electron chi connectivity index (χ2n) is 10.3. The van der Waals surface area contributed by atoms with Crippen LogP contribution in [0.1, 0.15) is 20.3 Å². The number of likely N-dealkylation sites (tertiary alicyclic amines) is 1. The van der Waals surface area contributed by atoms with Crippen LogP contribution in [-0.4, -0.2) is 75.6 Å². The van der Waals surface area contributed by atoms with Gasteiger partial charge in [0.2, 0.25) is 11.9 Å². The molecule has 194 valence electrons. The summed E-state index contributed by atoms with van der Waals surface area (Å²) in [6, 6.07) is 12.7. The van der Waals surface area contributed by atoms with Crippen molar-refractivity contribution in [1.29, 1.82) is 0 Å². The monoisotopic (exact) mass is 501 g/mol. The molecule has 2 fully saturated rings. The van der Waals surface area contributed by atoms with Gasteiger partial charge < -0.3 is 15.1 Å². The molecule has 0 aliphatic carbocycles. The van der Waals surface area contributed by atoms with Crippen LogP contribution in [0.25, 0.3) is 11.0 Å². The molecule has 5 rings (SSSR count). The van der Waals surface area contributed by atoms with Crippen LogP contribution in [0.3, 0.4) is 0 Å². The molecule has 2 saturated heterocycles. The number of piperazine rings is 1. The number of hydrogen-bond acceptors (Lipinski definition) is 7. The minimum Gasteiger partial charge on any atom is -0.368 e. The van der Waals surface area contributed by atoms with E-state index in [9.17, 15) is 9.59 Å². The van der Waals surface area contributed by atoms with Crippen molar-refractivity contribution in [2.24, 2.45) is 5.92 Å². The third kappa shape index (κ3) is 5.22. The van der Waals surface area contributed by atoms with Crippen molar-refractivity contribution in [2.75, 3.05) is 43.4 Å². The number of benzene rings is 1. The summed E-state index contributed by atoms with van der Waals surface area (Å²) in [4.78, 5) is 40.2. The highest BCUT2D eigenvalue weighted by Crippen LogP contribution is 2.25. The lowest BCUT2D eigenvalue weighted by Crippen LogP contribution is -2.55. The van der Waals surface area contributed by atoms with Gasteiger partial charge in [0.25, 0.3) is 5.56 Å². The first kappa shape index (κ1) is 25.0. The molecule has 0 bridgehead atoms. The van der Waals surface area contributed by atoms with Gasteiger partial charge in [0.05, 0.1) is 0 Å². The lowest BCUT2D eigenvalue weighted by atomic mass is 9.96. The van der Waals surface area contributed by atoms with Crippen LogP contribution >= 0.6 is 0 Å². The highest BCUT2D eigenvalue weighted by Gasteiger charge is 2.29. The Labute approximate surface area is 217 Å². The summed E-state index contributed by atoms with van der Waals surface area (Å²) in [6.07, 6.45) is 3.89. The zero-order valence-corrected chi connectivity index (χ0v) is 21.8. The summed E-state index contributed by atoms with van der Waals surface area (Å²) in [5.74, 6) is 0.783. The molecule has 1 N–H and O–H groups in total. The maximum Gasteiger partial charge on any atom is 0.252 e. The summed E-state index contributed by atoms with van der Waals surface area (Å²) >= 11 is 0. The van der Waals surface area contributed by atoms with Crippen LogP contribution in [0.2, 0.25) is 0 Å². The minimum absolute atomic E-state index is 0.0392. The summed E-state index contributed by atoms with van der Waals surface area (Å²) in [5.41, 5.74) is 2.62. The smallest absolute Gasteiger partial charge is 0.252 e. The van der Waals surface area contributed by atoms with Gasteiger partial charge in [-0.2, -0.15) is 4.98 Å². The average Bonchev–Trinajstić information content (AvgIpc) is 2.87. The van der Waals surface area contributed by atoms with Gasteiger partial charge >= 0.3 is 0 Å². The number of rotatable bonds is 7. The number of fused-ring (bicyclic) bond motifs is 1. The molecule has 0 saturated carbocycles. The van der Waals surface area contributed by atoms with Gasteiger partial charge in [0.15, 0.2) is 0 Å². The quantitative estimate of drug-likeness (QED) is 0.498. The number of hydrogen-bond donors (Lipinski definition) is 1. The van der Waals surface area contributed by atoms with Gasteiger partial charge in [-0.05, 0) is 69.6 Å². The van der Waals surface area contributed by atoms with Gasteiger partial charge in [-0.15, -0.1) is 0 Å². The van der Waals surface area contributed by atoms with Crippen molar-refractivity contribution >= 4 is 34.3 Å². The molecule has 0 spiro atoms. The Morgan fingerprint density at radius 2 is 1.78 bits per heavy atom. The number of nitrogens with zero attached hydrogens (tertiary/aromatic N) is 6. The summed E-state index contributed by atoms with van der Waals surface area (Å²) in [7, 11) is 2.19. The summed E-state index contributed by atoms with van der Waals surface area (Å²) in [5, 5.41) is 4.11. The molecule has 3 aromatic rings. The van der Waals surface area contributed by atoms with Crippen molar-refractivity contribution in [1.82, 2.24) is 24.3 Å². The second-order valence-corrected chi connectivity index (χ2v) is 10.3. The third-order valence-electron chi connectivity index (χ3n) is 7.78. The number of aromatic nitrogens is 3. The fourth-order valence-electron chi connectivity index (χ4n) is 5.22. The number of nitrogens with one attached hydrogen (secondary N) is 1. The highest BCUT2D eigenvalue weighted by atomic mass is 16.2. The number of likely N-dealkylation sites (N-methyl/N-ethyl adjacent to an activating group) is 1. The predicted molar refractivity (Wildman–Crippen MR) is 147 cm³/mol. The van der Waals surface area contributed by atoms with Crippen molar-refractivity contribution < 1.29 is 4.79 Å². The number of aryl methyl sites for hydroxylation is 1. The lowest BCUT2D eigenvalue weighted by molar-refractivity contribution is -0.132. The first-order valence-electron chi connectivity index (χ1n) is 12.9. The standard InChI is InChI=1S/C28H35N7O2/c1-5-25(36)34-17-21(18-34)12-13-35-26(37)11-6-22-14-29-28(31-27(22)35)30-23-7-9-24(10-8-23)33-15-19(2)32(4)20(3)16-33/h5-11,14,19-21H,1,12-13,15-18H2,2-4H3,(H,29,30,31). The normalized spacial score (nSPS) is 20.6. The van der Waals surface area contributed by atoms with E-state index in [1.807, 2.05) is 12.1 Å². The Kier molecular flexibility index (Phi) is 6.97. The summed E-state index contributed by atoms with van der Waals surface area (Å²) < 4.78 is 1.71. The molecule has 9 nitrogen and oxygen atoms in total. The summed E-state index contributed by atoms with van der Waals surface area (Å²) in [6.45, 7) is 12.0. The molecule has 2 aliphatic heterocycles. The van der Waals surface area contributed by atoms with Gasteiger partial charge in [-0.25, -0.2) is 4.98 Å². The second kappa shape index (κ2) is 10.3. The van der Waals surface area contributed by atoms with Gasteiger partial charge in [-0.1, -0.05) is 6.58 Å². The number of carbonyl (C=O) groups excluding carboxylic acids is 1. The Bertz CT molecular complexity index is 1330. The molecule has 2 aromatic heterocycles. The number of carbonyl (C=O) groups is 1. The molecule has 37 heavy (non-hydrogen) atoms. The highest BCUT2D eigenvalue weighted by molar-refractivity contribution is 5.87. The Morgan fingerprint density at radius 3 is 2.46 bits per heavy atom. The van der Waals surface area contributed by atoms with Crippen LogP contribution in [0.15, 0.2) is 60.0 Å². The van der Waals surface area contributed by atoms with E-state index in [-0.39, 0.29) is 11.5 Å². The van der Waals surface area contributed by atoms with Crippen LogP contribution < -0.4 is 15.8 Å². The van der Waals surface area contributed by atoms with E-state index in [1.165, 1.54) is 11.8 Å². The van der Waals surface area contributed by atoms with Crippen LogP contribution in [0.5, 0.6) is 0 Å². The number of amides is 1. The maximum absolute atomic E-state index is 12.7. The van der Waals surface area contributed by atoms with E-state index in [1.54, 1.807) is 27.8 Å². The molecular weight excluding hydrogens is 466 g/mol. The maximum atomic E-state index is 12.7. The average molecular weight is 502 g/mol. The molecule has 0 radical (unpaired) electrons. The van der Waals surface area contributed by atoms with Gasteiger partial charge in [-0.3, -0.25) is 19.1 Å². The predicted octanol–water partition coefficient (Wildman–Crippen LogP) is 3.10. The first-order chi connectivity index (χ1) is 17.8. The van der Waals surface area contributed by atoms with E-state index in [0.29, 0.717) is 49.2 Å². The fraction of sp³-hybridized carbons (Fsp3) is 0.429. The zero-order chi connectivity index (χ0) is 26.1. The van der Waals surface area contributed by atoms with Gasteiger partial charge in [0, 0.05) is 73.8 Å². The first-order valence-corrected chi connectivity index (χ1v) is 12.9. The molecule has 1 aromatic carbocycles. The van der Waals surface area contributed by atoms with E-state index in [0.717, 1.165) is 30.6 Å². The molecule has 2 atom stereocenters. The molecule has 1 amide bonds. The molecule has 9 heteroatoms. The Hall–Kier alpha value is -3.72. The number of anilines is 3. The van der Waals surface area contributed by atoms with E-state index >= 15 is 0 Å². The van der Waals surface area contributed by atoms with E-state index in [2.05, 4.69) is 59.7 Å². The third-order valence-corrected chi connectivity index (χ3v) is 7.78. The van der Waals surface area contributed by atoms with Crippen LogP contribution in [0.4, 0.5) is 17.3 Å². The van der Waals surface area contributed by atoms with Crippen molar-refractivity contribution in [3.63, 3.8) is 0 Å². The topological polar surface area (TPSA) is 86.6 Å². The van der Waals surface area contributed by atoms with E-state index in [4.69, 9.17) is 4.98 Å².